The molecule has 0 radical (unpaired) electrons. The van der Waals surface area contributed by atoms with Gasteiger partial charge < -0.3 is 46.9 Å². The van der Waals surface area contributed by atoms with Crippen LogP contribution in [0.5, 0.6) is 0 Å². The molecule has 6 amide bonds. The number of ether oxygens (including phenoxy) is 2. The van der Waals surface area contributed by atoms with E-state index in [0.29, 0.717) is 32.6 Å². The molecule has 44 heavy (non-hydrogen) atoms. The molecule has 2 atom stereocenters. The van der Waals surface area contributed by atoms with Crippen molar-refractivity contribution in [3.05, 3.63) is 30.3 Å². The summed E-state index contributed by atoms with van der Waals surface area (Å²) in [6.07, 6.45) is 6.98. The minimum Gasteiger partial charge on any atom is -0.446 e. The van der Waals surface area contributed by atoms with E-state index in [1.54, 1.807) is 6.92 Å². The molecule has 0 spiro atoms. The normalized spacial score (nSPS) is 12.7. The first-order valence-corrected chi connectivity index (χ1v) is 15.8. The molecule has 250 valence electrons. The smallest absolute Gasteiger partial charge is 0.407 e. The Morgan fingerprint density at radius 2 is 1.34 bits per heavy atom. The van der Waals surface area contributed by atoms with E-state index in [0.717, 1.165) is 69.9 Å². The van der Waals surface area contributed by atoms with Crippen molar-refractivity contribution in [2.24, 2.45) is 5.73 Å². The molecule has 1 aromatic carbocycles. The Hall–Kier alpha value is -3.74. The minimum absolute atomic E-state index is 0.137. The number of benzene rings is 1. The monoisotopic (exact) mass is 622 g/mol. The lowest BCUT2D eigenvalue weighted by molar-refractivity contribution is -0.0301. The summed E-state index contributed by atoms with van der Waals surface area (Å²) in [6.45, 7) is 5.47. The van der Waals surface area contributed by atoms with Gasteiger partial charge in [0.2, 0.25) is 0 Å². The maximum atomic E-state index is 12.5. The van der Waals surface area contributed by atoms with Gasteiger partial charge >= 0.3 is 24.2 Å². The largest absolute Gasteiger partial charge is 0.446 e. The molecule has 0 heterocycles. The van der Waals surface area contributed by atoms with Crippen molar-refractivity contribution in [3.8, 4) is 0 Å². The van der Waals surface area contributed by atoms with Gasteiger partial charge in [-0.2, -0.15) is 0 Å². The van der Waals surface area contributed by atoms with Gasteiger partial charge in [-0.15, -0.1) is 0 Å². The molecule has 0 saturated carbocycles. The first kappa shape index (κ1) is 38.3. The number of urea groups is 2. The Kier molecular flexibility index (Phi) is 20.6. The van der Waals surface area contributed by atoms with Crippen LogP contribution in [0.1, 0.15) is 90.9 Å². The van der Waals surface area contributed by atoms with Crippen molar-refractivity contribution < 1.29 is 33.8 Å². The van der Waals surface area contributed by atoms with Crippen LogP contribution >= 0.6 is 0 Å². The highest BCUT2D eigenvalue weighted by atomic mass is 16.6. The lowest BCUT2D eigenvalue weighted by Crippen LogP contribution is -2.39. The van der Waals surface area contributed by atoms with E-state index >= 15 is 0 Å². The first-order chi connectivity index (χ1) is 21.1. The number of para-hydroxylation sites is 1. The van der Waals surface area contributed by atoms with Crippen LogP contribution in [0, 0.1) is 0 Å². The summed E-state index contributed by atoms with van der Waals surface area (Å²) in [5, 5.41) is 24.3. The molecule has 2 unspecified atom stereocenters. The van der Waals surface area contributed by atoms with E-state index < -0.39 is 29.9 Å². The van der Waals surface area contributed by atoms with E-state index in [1.165, 1.54) is 0 Å². The van der Waals surface area contributed by atoms with Gasteiger partial charge in [0.25, 0.3) is 0 Å². The van der Waals surface area contributed by atoms with Gasteiger partial charge in [-0.25, -0.2) is 19.2 Å². The summed E-state index contributed by atoms with van der Waals surface area (Å²) in [6, 6.07) is 8.45. The van der Waals surface area contributed by atoms with Gasteiger partial charge in [0.05, 0.1) is 5.60 Å². The summed E-state index contributed by atoms with van der Waals surface area (Å²) >= 11 is 0. The zero-order chi connectivity index (χ0) is 32.5. The number of hydrogen-bond acceptors (Lipinski definition) is 7. The third-order valence-corrected chi connectivity index (χ3v) is 6.77. The molecular formula is C31H54N6O7. The van der Waals surface area contributed by atoms with E-state index in [1.807, 2.05) is 37.3 Å². The number of hydrogen-bond donors (Lipinski definition) is 7. The SMILES string of the molecule is CCCCC(C)(O)CC(COC(=O)NCCCCCCNC(N)=O)OC(=O)NCCCCCCNC(=O)Nc1ccccc1. The Bertz CT molecular complexity index is 949. The van der Waals surface area contributed by atoms with Gasteiger partial charge in [0.15, 0.2) is 0 Å². The molecule has 0 aromatic heterocycles. The second kappa shape index (κ2) is 23.7. The number of rotatable bonds is 23. The molecule has 13 heteroatoms. The molecule has 13 nitrogen and oxygen atoms in total. The molecular weight excluding hydrogens is 568 g/mol. The Morgan fingerprint density at radius 3 is 1.91 bits per heavy atom. The third-order valence-electron chi connectivity index (χ3n) is 6.77. The highest BCUT2D eigenvalue weighted by Crippen LogP contribution is 2.21. The Balaban J connectivity index is 2.28. The third kappa shape index (κ3) is 21.9. The number of anilines is 1. The average Bonchev–Trinajstić information content (AvgIpc) is 2.97. The van der Waals surface area contributed by atoms with E-state index in [2.05, 4.69) is 26.6 Å². The Labute approximate surface area is 261 Å². The van der Waals surface area contributed by atoms with Crippen molar-refractivity contribution in [2.75, 3.05) is 38.1 Å². The number of carbonyl (C=O) groups excluding carboxylic acids is 4. The summed E-state index contributed by atoms with van der Waals surface area (Å²) in [7, 11) is 0. The van der Waals surface area contributed by atoms with Crippen LogP contribution in [0.3, 0.4) is 0 Å². The fourth-order valence-corrected chi connectivity index (χ4v) is 4.40. The van der Waals surface area contributed by atoms with Crippen molar-refractivity contribution in [1.82, 2.24) is 21.3 Å². The molecule has 0 saturated heterocycles. The lowest BCUT2D eigenvalue weighted by atomic mass is 9.92. The summed E-state index contributed by atoms with van der Waals surface area (Å²) in [4.78, 5) is 47.2. The predicted octanol–water partition coefficient (Wildman–Crippen LogP) is 4.75. The molecule has 0 bridgehead atoms. The van der Waals surface area contributed by atoms with Crippen LogP contribution < -0.4 is 32.3 Å². The highest BCUT2D eigenvalue weighted by Gasteiger charge is 2.28. The fraction of sp³-hybridized carbons (Fsp3) is 0.677. The first-order valence-electron chi connectivity index (χ1n) is 15.8. The molecule has 8 N–H and O–H groups in total. The van der Waals surface area contributed by atoms with Gasteiger partial charge in [0.1, 0.15) is 12.7 Å². The second-order valence-electron chi connectivity index (χ2n) is 11.2. The van der Waals surface area contributed by atoms with Gasteiger partial charge in [-0.3, -0.25) is 0 Å². The number of alkyl carbamates (subject to hydrolysis) is 2. The zero-order valence-corrected chi connectivity index (χ0v) is 26.5. The maximum Gasteiger partial charge on any atom is 0.407 e. The quantitative estimate of drug-likeness (QED) is 0.0856. The Morgan fingerprint density at radius 1 is 0.795 bits per heavy atom. The predicted molar refractivity (Wildman–Crippen MR) is 170 cm³/mol. The molecule has 0 aliphatic heterocycles. The number of aliphatic hydroxyl groups is 1. The van der Waals surface area contributed by atoms with Crippen molar-refractivity contribution in [2.45, 2.75) is 103 Å². The lowest BCUT2D eigenvalue weighted by Gasteiger charge is -2.28. The maximum absolute atomic E-state index is 12.5. The summed E-state index contributed by atoms with van der Waals surface area (Å²) in [5.41, 5.74) is 4.68. The van der Waals surface area contributed by atoms with Gasteiger partial charge in [0, 0.05) is 38.3 Å². The molecule has 0 aliphatic carbocycles. The number of amides is 6. The molecule has 1 rings (SSSR count). The van der Waals surface area contributed by atoms with E-state index in [4.69, 9.17) is 15.2 Å². The number of carbonyl (C=O) groups is 4. The van der Waals surface area contributed by atoms with Crippen LogP contribution in [-0.2, 0) is 9.47 Å². The summed E-state index contributed by atoms with van der Waals surface area (Å²) in [5.74, 6) is 0. The van der Waals surface area contributed by atoms with Crippen molar-refractivity contribution >= 4 is 29.9 Å². The van der Waals surface area contributed by atoms with Crippen LogP contribution in [0.2, 0.25) is 0 Å². The standard InChI is InChI=1S/C31H54N6O7/c1-3-4-18-31(2,42)23-26(24-43-29(40)35-21-14-7-5-12-19-33-27(32)38)44-30(41)36-22-15-8-6-13-20-34-28(39)37-25-16-10-9-11-17-25/h9-11,16-17,26,42H,3-8,12-15,18-24H2,1-2H3,(H,35,40)(H,36,41)(H3,32,33,38)(H2,34,37,39). The zero-order valence-electron chi connectivity index (χ0n) is 26.5. The number of nitrogens with one attached hydrogen (secondary N) is 5. The number of unbranched alkanes of at least 4 members (excludes halogenated alkanes) is 7. The topological polar surface area (TPSA) is 193 Å². The van der Waals surface area contributed by atoms with E-state index in [-0.39, 0.29) is 19.1 Å². The highest BCUT2D eigenvalue weighted by molar-refractivity contribution is 5.89. The fourth-order valence-electron chi connectivity index (χ4n) is 4.40. The average molecular weight is 623 g/mol. The van der Waals surface area contributed by atoms with Crippen molar-refractivity contribution in [1.29, 1.82) is 0 Å². The molecule has 0 fully saturated rings. The van der Waals surface area contributed by atoms with Crippen LogP contribution in [0.15, 0.2) is 30.3 Å². The molecule has 0 aliphatic rings. The van der Waals surface area contributed by atoms with Crippen LogP contribution in [0.25, 0.3) is 0 Å². The minimum atomic E-state index is -1.07. The molecule has 1 aromatic rings. The summed E-state index contributed by atoms with van der Waals surface area (Å²) < 4.78 is 10.8. The van der Waals surface area contributed by atoms with Crippen molar-refractivity contribution in [3.63, 3.8) is 0 Å². The van der Waals surface area contributed by atoms with Gasteiger partial charge in [-0.05, 0) is 51.2 Å². The number of nitrogens with two attached hydrogens (primary N) is 1. The van der Waals surface area contributed by atoms with Gasteiger partial charge in [-0.1, -0.05) is 63.6 Å². The van der Waals surface area contributed by atoms with E-state index in [9.17, 15) is 24.3 Å². The second-order valence-corrected chi connectivity index (χ2v) is 11.2. The van der Waals surface area contributed by atoms with Crippen LogP contribution in [-0.4, -0.2) is 73.8 Å². The van der Waals surface area contributed by atoms with Crippen LogP contribution in [0.4, 0.5) is 24.9 Å². The number of primary amides is 1.